The van der Waals surface area contributed by atoms with Gasteiger partial charge in [0.2, 0.25) is 5.75 Å². The summed E-state index contributed by atoms with van der Waals surface area (Å²) in [5, 5.41) is 38.7. The summed E-state index contributed by atoms with van der Waals surface area (Å²) in [7, 11) is 1.61. The van der Waals surface area contributed by atoms with Crippen molar-refractivity contribution in [3.05, 3.63) is 55.9 Å². The first kappa shape index (κ1) is 16.5. The Morgan fingerprint density at radius 3 is 2.62 bits per heavy atom. The van der Waals surface area contributed by atoms with Gasteiger partial charge in [-0.25, -0.2) is 5.43 Å². The summed E-state index contributed by atoms with van der Waals surface area (Å²) < 4.78 is 1.40. The third-order valence-corrected chi connectivity index (χ3v) is 2.83. The molecule has 0 aliphatic heterocycles. The van der Waals surface area contributed by atoms with Crippen LogP contribution in [0.25, 0.3) is 0 Å². The molecule has 2 rings (SSSR count). The Morgan fingerprint density at radius 2 is 2.08 bits per heavy atom. The van der Waals surface area contributed by atoms with Gasteiger partial charge in [-0.05, 0) is 6.07 Å². The van der Waals surface area contributed by atoms with Crippen molar-refractivity contribution in [1.82, 2.24) is 15.2 Å². The number of rotatable bonds is 5. The maximum absolute atomic E-state index is 11.7. The maximum Gasteiger partial charge on any atom is 0.318 e. The van der Waals surface area contributed by atoms with E-state index in [0.717, 1.165) is 12.3 Å². The van der Waals surface area contributed by atoms with E-state index >= 15 is 0 Å². The van der Waals surface area contributed by atoms with Crippen LogP contribution in [0.15, 0.2) is 29.5 Å². The first-order chi connectivity index (χ1) is 11.3. The highest BCUT2D eigenvalue weighted by Gasteiger charge is 2.23. The SMILES string of the molecule is Cn1ccc(C(=O)N/N=C/c2cc([N+](=O)[O-])cc([N+](=O)[O-])c2O)n1. The third kappa shape index (κ3) is 3.49. The molecule has 0 unspecified atom stereocenters. The molecule has 0 saturated carbocycles. The lowest BCUT2D eigenvalue weighted by atomic mass is 10.1. The summed E-state index contributed by atoms with van der Waals surface area (Å²) in [5.74, 6) is -1.47. The van der Waals surface area contributed by atoms with Crippen molar-refractivity contribution in [1.29, 1.82) is 0 Å². The lowest BCUT2D eigenvalue weighted by Gasteiger charge is -2.01. The second-order valence-corrected chi connectivity index (χ2v) is 4.49. The lowest BCUT2D eigenvalue weighted by Crippen LogP contribution is -2.18. The topological polar surface area (TPSA) is 166 Å². The number of nitro groups is 2. The Kier molecular flexibility index (Phi) is 4.49. The molecule has 0 bridgehead atoms. The van der Waals surface area contributed by atoms with Crippen LogP contribution in [0.3, 0.4) is 0 Å². The van der Waals surface area contributed by atoms with Gasteiger partial charge >= 0.3 is 5.69 Å². The summed E-state index contributed by atoms with van der Waals surface area (Å²) in [4.78, 5) is 31.5. The van der Waals surface area contributed by atoms with E-state index in [1.54, 1.807) is 7.05 Å². The van der Waals surface area contributed by atoms with Crippen LogP contribution in [-0.2, 0) is 7.05 Å². The number of aromatic nitrogens is 2. The highest BCUT2D eigenvalue weighted by Crippen LogP contribution is 2.33. The Bertz CT molecular complexity index is 858. The van der Waals surface area contributed by atoms with Crippen LogP contribution >= 0.6 is 0 Å². The van der Waals surface area contributed by atoms with E-state index in [9.17, 15) is 30.1 Å². The number of nitrogens with one attached hydrogen (secondary N) is 1. The largest absolute Gasteiger partial charge is 0.502 e. The van der Waals surface area contributed by atoms with Gasteiger partial charge in [-0.15, -0.1) is 0 Å². The minimum absolute atomic E-state index is 0.0731. The van der Waals surface area contributed by atoms with Crippen LogP contribution < -0.4 is 5.43 Å². The number of carbonyl (C=O) groups excluding carboxylic acids is 1. The van der Waals surface area contributed by atoms with Gasteiger partial charge in [0.05, 0.1) is 27.7 Å². The van der Waals surface area contributed by atoms with E-state index in [1.807, 2.05) is 0 Å². The van der Waals surface area contributed by atoms with Crippen molar-refractivity contribution in [2.75, 3.05) is 0 Å². The van der Waals surface area contributed by atoms with Gasteiger partial charge in [-0.2, -0.15) is 10.2 Å². The number of hydrogen-bond acceptors (Lipinski definition) is 8. The smallest absolute Gasteiger partial charge is 0.318 e. The van der Waals surface area contributed by atoms with Gasteiger partial charge in [-0.3, -0.25) is 29.7 Å². The van der Waals surface area contributed by atoms with Gasteiger partial charge in [0.1, 0.15) is 0 Å². The number of nitrogens with zero attached hydrogens (tertiary/aromatic N) is 5. The fraction of sp³-hybridized carbons (Fsp3) is 0.0833. The van der Waals surface area contributed by atoms with Crippen molar-refractivity contribution < 1.29 is 19.7 Å². The zero-order valence-corrected chi connectivity index (χ0v) is 12.1. The quantitative estimate of drug-likeness (QED) is 0.461. The molecule has 124 valence electrons. The van der Waals surface area contributed by atoms with Gasteiger partial charge in [0.25, 0.3) is 11.6 Å². The van der Waals surface area contributed by atoms with E-state index in [1.165, 1.54) is 16.9 Å². The van der Waals surface area contributed by atoms with Crippen LogP contribution in [0, 0.1) is 20.2 Å². The lowest BCUT2D eigenvalue weighted by molar-refractivity contribution is -0.394. The predicted molar refractivity (Wildman–Crippen MR) is 79.7 cm³/mol. The van der Waals surface area contributed by atoms with E-state index in [-0.39, 0.29) is 11.3 Å². The van der Waals surface area contributed by atoms with Gasteiger partial charge in [0.15, 0.2) is 5.69 Å². The van der Waals surface area contributed by atoms with Gasteiger partial charge in [0, 0.05) is 19.3 Å². The predicted octanol–water partition coefficient (Wildman–Crippen LogP) is 0.706. The van der Waals surface area contributed by atoms with Crippen LogP contribution in [0.1, 0.15) is 16.1 Å². The molecule has 0 aliphatic carbocycles. The second-order valence-electron chi connectivity index (χ2n) is 4.49. The molecule has 0 spiro atoms. The van der Waals surface area contributed by atoms with E-state index in [2.05, 4.69) is 15.6 Å². The highest BCUT2D eigenvalue weighted by atomic mass is 16.6. The minimum atomic E-state index is -0.966. The Balaban J connectivity index is 2.26. The number of nitro benzene ring substituents is 2. The Morgan fingerprint density at radius 1 is 1.38 bits per heavy atom. The van der Waals surface area contributed by atoms with Crippen molar-refractivity contribution in [2.45, 2.75) is 0 Å². The normalized spacial score (nSPS) is 10.7. The fourth-order valence-electron chi connectivity index (χ4n) is 1.72. The average Bonchev–Trinajstić information content (AvgIpc) is 2.94. The molecule has 12 nitrogen and oxygen atoms in total. The number of hydrazone groups is 1. The fourth-order valence-corrected chi connectivity index (χ4v) is 1.72. The molecule has 0 radical (unpaired) electrons. The zero-order valence-electron chi connectivity index (χ0n) is 12.1. The number of phenolic OH excluding ortho intramolecular Hbond substituents is 1. The van der Waals surface area contributed by atoms with Gasteiger partial charge in [-0.1, -0.05) is 0 Å². The molecule has 2 aromatic rings. The van der Waals surface area contributed by atoms with Crippen LogP contribution in [0.5, 0.6) is 5.75 Å². The number of non-ortho nitro benzene ring substituents is 1. The first-order valence-electron chi connectivity index (χ1n) is 6.28. The molecular weight excluding hydrogens is 324 g/mol. The number of benzene rings is 1. The molecule has 1 heterocycles. The molecule has 1 aromatic heterocycles. The van der Waals surface area contributed by atoms with E-state index in [0.29, 0.717) is 6.07 Å². The summed E-state index contributed by atoms with van der Waals surface area (Å²) >= 11 is 0. The molecule has 2 N–H and O–H groups in total. The maximum atomic E-state index is 11.7. The van der Waals surface area contributed by atoms with Crippen LogP contribution in [-0.4, -0.2) is 36.9 Å². The highest BCUT2D eigenvalue weighted by molar-refractivity contribution is 5.93. The van der Waals surface area contributed by atoms with Crippen LogP contribution in [0.2, 0.25) is 0 Å². The monoisotopic (exact) mass is 334 g/mol. The number of hydrogen-bond donors (Lipinski definition) is 2. The number of amides is 1. The Labute approximate surface area is 133 Å². The first-order valence-corrected chi connectivity index (χ1v) is 6.28. The molecular formula is C12H10N6O6. The number of aryl methyl sites for hydroxylation is 1. The average molecular weight is 334 g/mol. The Hall–Kier alpha value is -3.83. The second kappa shape index (κ2) is 6.51. The molecule has 24 heavy (non-hydrogen) atoms. The summed E-state index contributed by atoms with van der Waals surface area (Å²) in [6.45, 7) is 0. The standard InChI is InChI=1S/C12H10N6O6/c1-16-3-2-9(15-16)12(20)14-13-6-7-4-8(17(21)22)5-10(11(7)19)18(23)24/h2-6,19H,1H3,(H,14,20)/b13-6+. The summed E-state index contributed by atoms with van der Waals surface area (Å²) in [6.07, 6.45) is 2.39. The van der Waals surface area contributed by atoms with Crippen molar-refractivity contribution in [2.24, 2.45) is 12.1 Å². The molecule has 0 atom stereocenters. The van der Waals surface area contributed by atoms with Crippen molar-refractivity contribution in [3.63, 3.8) is 0 Å². The number of aromatic hydroxyl groups is 1. The molecule has 12 heteroatoms. The molecule has 1 amide bonds. The number of carbonyl (C=O) groups is 1. The van der Waals surface area contributed by atoms with E-state index < -0.39 is 32.9 Å². The van der Waals surface area contributed by atoms with Crippen molar-refractivity contribution in [3.8, 4) is 5.75 Å². The molecule has 0 aliphatic rings. The summed E-state index contributed by atoms with van der Waals surface area (Å²) in [6, 6.07) is 2.94. The van der Waals surface area contributed by atoms with Crippen molar-refractivity contribution >= 4 is 23.5 Å². The molecule has 1 aromatic carbocycles. The van der Waals surface area contributed by atoms with E-state index in [4.69, 9.17) is 0 Å². The molecule has 0 saturated heterocycles. The molecule has 0 fully saturated rings. The van der Waals surface area contributed by atoms with Gasteiger partial charge < -0.3 is 5.11 Å². The third-order valence-electron chi connectivity index (χ3n) is 2.83. The summed E-state index contributed by atoms with van der Waals surface area (Å²) in [5.41, 5.74) is 0.422. The zero-order chi connectivity index (χ0) is 17.9. The number of phenols is 1. The minimum Gasteiger partial charge on any atom is -0.502 e. The van der Waals surface area contributed by atoms with Crippen LogP contribution in [0.4, 0.5) is 11.4 Å².